The number of rotatable bonds is 7. The van der Waals surface area contributed by atoms with Crippen LogP contribution < -0.4 is 21.9 Å². The molecule has 1 unspecified atom stereocenters. The van der Waals surface area contributed by atoms with Crippen LogP contribution >= 0.6 is 0 Å². The lowest BCUT2D eigenvalue weighted by molar-refractivity contribution is -0.121. The Morgan fingerprint density at radius 1 is 1.52 bits per heavy atom. The molecule has 0 spiro atoms. The van der Waals surface area contributed by atoms with E-state index in [0.717, 1.165) is 0 Å². The summed E-state index contributed by atoms with van der Waals surface area (Å²) >= 11 is 0. The molecular formula is C11H18N8O2. The topological polar surface area (TPSA) is 143 Å². The van der Waals surface area contributed by atoms with Gasteiger partial charge in [0.15, 0.2) is 5.65 Å². The molecule has 0 aliphatic heterocycles. The Morgan fingerprint density at radius 3 is 3.05 bits per heavy atom. The lowest BCUT2D eigenvalue weighted by Crippen LogP contribution is -2.39. The van der Waals surface area contributed by atoms with Crippen LogP contribution in [0.15, 0.2) is 6.20 Å². The molecular weight excluding hydrogens is 276 g/mol. The number of aromatic amines is 1. The molecule has 6 N–H and O–H groups in total. The summed E-state index contributed by atoms with van der Waals surface area (Å²) in [6.45, 7) is 2.63. The van der Waals surface area contributed by atoms with Gasteiger partial charge in [0.25, 0.3) is 0 Å². The molecule has 0 aromatic carbocycles. The number of aromatic nitrogens is 4. The fourth-order valence-corrected chi connectivity index (χ4v) is 1.71. The molecule has 0 radical (unpaired) electrons. The van der Waals surface area contributed by atoms with Gasteiger partial charge in [-0.15, -0.1) is 0 Å². The zero-order valence-electron chi connectivity index (χ0n) is 11.8. The number of methoxy groups -OCH3 is 1. The lowest BCUT2D eigenvalue weighted by atomic mass is 10.3. The van der Waals surface area contributed by atoms with E-state index in [0.29, 0.717) is 30.0 Å². The minimum Gasteiger partial charge on any atom is -0.383 e. The quantitative estimate of drug-likeness (QED) is 0.254. The summed E-state index contributed by atoms with van der Waals surface area (Å²) in [5.74, 6) is 5.85. The molecule has 114 valence electrons. The third-order valence-electron chi connectivity index (χ3n) is 2.79. The van der Waals surface area contributed by atoms with Crippen molar-refractivity contribution in [2.24, 2.45) is 5.84 Å². The van der Waals surface area contributed by atoms with Crippen molar-refractivity contribution in [3.8, 4) is 0 Å². The van der Waals surface area contributed by atoms with E-state index >= 15 is 0 Å². The Morgan fingerprint density at radius 2 is 2.33 bits per heavy atom. The zero-order valence-corrected chi connectivity index (χ0v) is 11.8. The van der Waals surface area contributed by atoms with Crippen LogP contribution in [-0.4, -0.2) is 52.4 Å². The van der Waals surface area contributed by atoms with E-state index < -0.39 is 6.04 Å². The summed E-state index contributed by atoms with van der Waals surface area (Å²) in [6, 6.07) is -0.486. The second-order valence-electron chi connectivity index (χ2n) is 4.32. The van der Waals surface area contributed by atoms with Gasteiger partial charge < -0.3 is 15.4 Å². The van der Waals surface area contributed by atoms with Crippen LogP contribution in [0.25, 0.3) is 11.0 Å². The van der Waals surface area contributed by atoms with E-state index in [2.05, 4.69) is 36.2 Å². The Labute approximate surface area is 120 Å². The van der Waals surface area contributed by atoms with E-state index in [-0.39, 0.29) is 11.9 Å². The van der Waals surface area contributed by atoms with Crippen molar-refractivity contribution < 1.29 is 9.53 Å². The van der Waals surface area contributed by atoms with Gasteiger partial charge in [-0.1, -0.05) is 0 Å². The fourth-order valence-electron chi connectivity index (χ4n) is 1.71. The van der Waals surface area contributed by atoms with Crippen molar-refractivity contribution in [3.05, 3.63) is 6.20 Å². The van der Waals surface area contributed by atoms with E-state index in [1.807, 2.05) is 0 Å². The van der Waals surface area contributed by atoms with Crippen LogP contribution in [-0.2, 0) is 9.53 Å². The predicted molar refractivity (Wildman–Crippen MR) is 77.5 cm³/mol. The van der Waals surface area contributed by atoms with Gasteiger partial charge in [-0.05, 0) is 6.92 Å². The first-order chi connectivity index (χ1) is 10.2. The zero-order chi connectivity index (χ0) is 15.2. The Balaban J connectivity index is 2.11. The average molecular weight is 294 g/mol. The molecule has 2 aromatic rings. The highest BCUT2D eigenvalue weighted by Crippen LogP contribution is 2.20. The number of hydrazine groups is 1. The molecule has 2 rings (SSSR count). The number of nitrogen functional groups attached to an aromatic ring is 1. The smallest absolute Gasteiger partial charge is 0.242 e. The van der Waals surface area contributed by atoms with E-state index in [1.165, 1.54) is 0 Å². The molecule has 0 fully saturated rings. The number of carbonyl (C=O) groups excluding carboxylic acids is 1. The number of hydrogen-bond donors (Lipinski definition) is 5. The minimum atomic E-state index is -0.486. The Kier molecular flexibility index (Phi) is 4.85. The summed E-state index contributed by atoms with van der Waals surface area (Å²) < 4.78 is 4.88. The van der Waals surface area contributed by atoms with Gasteiger partial charge in [0.05, 0.1) is 18.2 Å². The van der Waals surface area contributed by atoms with E-state index in [1.54, 1.807) is 20.2 Å². The number of carbonyl (C=O) groups is 1. The van der Waals surface area contributed by atoms with Crippen LogP contribution in [0.1, 0.15) is 6.92 Å². The van der Waals surface area contributed by atoms with Gasteiger partial charge in [-0.2, -0.15) is 15.1 Å². The molecule has 2 heterocycles. The summed E-state index contributed by atoms with van der Waals surface area (Å²) in [7, 11) is 1.58. The lowest BCUT2D eigenvalue weighted by Gasteiger charge is -2.15. The van der Waals surface area contributed by atoms with Crippen molar-refractivity contribution in [1.82, 2.24) is 25.5 Å². The number of fused-ring (bicyclic) bond motifs is 1. The number of ether oxygens (including phenoxy) is 1. The molecule has 0 saturated carbocycles. The first kappa shape index (κ1) is 14.9. The standard InChI is InChI=1S/C11H18N8O2/c1-6(10(20)13-3-4-21-2)15-8-7-5-14-19-9(7)17-11(16-8)18-12/h5-6H,3-4,12H2,1-2H3,(H,13,20)(H3,14,15,16,17,18,19). The number of nitrogens with one attached hydrogen (secondary N) is 4. The highest BCUT2D eigenvalue weighted by Gasteiger charge is 2.16. The largest absolute Gasteiger partial charge is 0.383 e. The molecule has 10 heteroatoms. The van der Waals surface area contributed by atoms with Gasteiger partial charge in [-0.3, -0.25) is 15.3 Å². The maximum Gasteiger partial charge on any atom is 0.242 e. The predicted octanol–water partition coefficient (Wildman–Crippen LogP) is -0.798. The molecule has 0 bridgehead atoms. The number of anilines is 2. The number of amides is 1. The van der Waals surface area contributed by atoms with Gasteiger partial charge in [0, 0.05) is 13.7 Å². The summed E-state index contributed by atoms with van der Waals surface area (Å²) in [6.07, 6.45) is 1.58. The maximum absolute atomic E-state index is 11.9. The molecule has 21 heavy (non-hydrogen) atoms. The van der Waals surface area contributed by atoms with Crippen LogP contribution in [0.5, 0.6) is 0 Å². The van der Waals surface area contributed by atoms with Gasteiger partial charge in [0.2, 0.25) is 11.9 Å². The van der Waals surface area contributed by atoms with Crippen LogP contribution in [0.2, 0.25) is 0 Å². The summed E-state index contributed by atoms with van der Waals surface area (Å²) in [5.41, 5.74) is 2.89. The third kappa shape index (κ3) is 3.55. The molecule has 0 aliphatic carbocycles. The highest BCUT2D eigenvalue weighted by atomic mass is 16.5. The van der Waals surface area contributed by atoms with Gasteiger partial charge >= 0.3 is 0 Å². The van der Waals surface area contributed by atoms with E-state index in [4.69, 9.17) is 10.6 Å². The highest BCUT2D eigenvalue weighted by molar-refractivity contribution is 5.90. The first-order valence-corrected chi connectivity index (χ1v) is 6.36. The molecule has 0 aliphatic rings. The molecule has 1 atom stereocenters. The SMILES string of the molecule is COCCNC(=O)C(C)Nc1nc(NN)nc2[nH]ncc12. The average Bonchev–Trinajstić information content (AvgIpc) is 2.95. The Bertz CT molecular complexity index is 613. The van der Waals surface area contributed by atoms with Crippen molar-refractivity contribution in [3.63, 3.8) is 0 Å². The van der Waals surface area contributed by atoms with Crippen molar-refractivity contribution in [2.45, 2.75) is 13.0 Å². The minimum absolute atomic E-state index is 0.162. The summed E-state index contributed by atoms with van der Waals surface area (Å²) in [5, 5.41) is 13.0. The molecule has 0 saturated heterocycles. The van der Waals surface area contributed by atoms with Crippen LogP contribution in [0.3, 0.4) is 0 Å². The normalized spacial score (nSPS) is 12.1. The van der Waals surface area contributed by atoms with Crippen LogP contribution in [0.4, 0.5) is 11.8 Å². The van der Waals surface area contributed by atoms with Crippen molar-refractivity contribution in [2.75, 3.05) is 31.0 Å². The molecule has 10 nitrogen and oxygen atoms in total. The maximum atomic E-state index is 11.9. The number of nitrogens with zero attached hydrogens (tertiary/aromatic N) is 3. The Hall–Kier alpha value is -2.46. The van der Waals surface area contributed by atoms with Gasteiger partial charge in [-0.25, -0.2) is 5.84 Å². The number of hydrogen-bond acceptors (Lipinski definition) is 8. The number of nitrogens with two attached hydrogens (primary N) is 1. The first-order valence-electron chi connectivity index (χ1n) is 6.36. The molecule has 1 amide bonds. The summed E-state index contributed by atoms with van der Waals surface area (Å²) in [4.78, 5) is 20.2. The monoisotopic (exact) mass is 294 g/mol. The molecule has 2 aromatic heterocycles. The van der Waals surface area contributed by atoms with Gasteiger partial charge in [0.1, 0.15) is 11.9 Å². The van der Waals surface area contributed by atoms with Crippen LogP contribution in [0, 0.1) is 0 Å². The second kappa shape index (κ2) is 6.81. The second-order valence-corrected chi connectivity index (χ2v) is 4.32. The van der Waals surface area contributed by atoms with Crippen molar-refractivity contribution in [1.29, 1.82) is 0 Å². The van der Waals surface area contributed by atoms with E-state index in [9.17, 15) is 4.79 Å². The number of H-pyrrole nitrogens is 1. The van der Waals surface area contributed by atoms with Crippen molar-refractivity contribution >= 4 is 28.7 Å². The fraction of sp³-hybridized carbons (Fsp3) is 0.455. The third-order valence-corrected chi connectivity index (χ3v) is 2.79.